The SMILES string of the molecule is CCOc1cc(/C=C2\C(=O)NC(=O)N(c3cccc([N+](=O)[O-])c3)C2=O)cc(Cl)c1OCc1ccc([N+](=O)[O-])cc1. The zero-order valence-electron chi connectivity index (χ0n) is 20.7. The van der Waals surface area contributed by atoms with Crippen LogP contribution < -0.4 is 19.7 Å². The number of carbonyl (C=O) groups is 3. The number of rotatable bonds is 9. The minimum Gasteiger partial charge on any atom is -0.490 e. The summed E-state index contributed by atoms with van der Waals surface area (Å²) in [7, 11) is 0. The third kappa shape index (κ3) is 5.89. The number of hydrogen-bond donors (Lipinski definition) is 1. The van der Waals surface area contributed by atoms with Crippen molar-refractivity contribution in [2.75, 3.05) is 11.5 Å². The predicted octanol–water partition coefficient (Wildman–Crippen LogP) is 4.80. The van der Waals surface area contributed by atoms with Crippen molar-refractivity contribution in [1.29, 1.82) is 0 Å². The van der Waals surface area contributed by atoms with Crippen LogP contribution in [0.3, 0.4) is 0 Å². The quantitative estimate of drug-likeness (QED) is 0.165. The number of non-ortho nitro benzene ring substituents is 2. The number of anilines is 1. The van der Waals surface area contributed by atoms with Gasteiger partial charge in [-0.2, -0.15) is 0 Å². The van der Waals surface area contributed by atoms with Crippen LogP contribution in [0.4, 0.5) is 21.9 Å². The minimum atomic E-state index is -1.06. The van der Waals surface area contributed by atoms with Gasteiger partial charge in [-0.1, -0.05) is 17.7 Å². The summed E-state index contributed by atoms with van der Waals surface area (Å²) in [6.45, 7) is 1.96. The number of imide groups is 2. The van der Waals surface area contributed by atoms with Gasteiger partial charge in [0.15, 0.2) is 11.5 Å². The molecule has 1 aliphatic rings. The number of nitrogens with zero attached hydrogens (tertiary/aromatic N) is 3. The van der Waals surface area contributed by atoms with Gasteiger partial charge < -0.3 is 9.47 Å². The average Bonchev–Trinajstić information content (AvgIpc) is 2.91. The molecule has 1 saturated heterocycles. The molecule has 4 amide bonds. The maximum absolute atomic E-state index is 13.2. The van der Waals surface area contributed by atoms with Gasteiger partial charge in [-0.05, 0) is 54.5 Å². The van der Waals surface area contributed by atoms with E-state index in [4.69, 9.17) is 21.1 Å². The van der Waals surface area contributed by atoms with E-state index < -0.39 is 33.3 Å². The molecule has 0 bridgehead atoms. The van der Waals surface area contributed by atoms with Crippen molar-refractivity contribution in [3.63, 3.8) is 0 Å². The van der Waals surface area contributed by atoms with Crippen molar-refractivity contribution in [3.8, 4) is 11.5 Å². The second-order valence-corrected chi connectivity index (χ2v) is 8.62. The molecule has 40 heavy (non-hydrogen) atoms. The van der Waals surface area contributed by atoms with Crippen LogP contribution in [0, 0.1) is 20.2 Å². The van der Waals surface area contributed by atoms with Crippen molar-refractivity contribution in [3.05, 3.63) is 103 Å². The van der Waals surface area contributed by atoms with E-state index in [1.165, 1.54) is 60.7 Å². The van der Waals surface area contributed by atoms with Gasteiger partial charge in [0.2, 0.25) is 0 Å². The molecular weight excluding hydrogens is 548 g/mol. The Labute approximate surface area is 230 Å². The molecule has 1 fully saturated rings. The van der Waals surface area contributed by atoms with Gasteiger partial charge in [0.25, 0.3) is 23.2 Å². The Morgan fingerprint density at radius 3 is 2.30 bits per heavy atom. The summed E-state index contributed by atoms with van der Waals surface area (Å²) >= 11 is 6.45. The Hall–Kier alpha value is -5.30. The van der Waals surface area contributed by atoms with Crippen molar-refractivity contribution in [1.82, 2.24) is 5.32 Å². The molecule has 1 N–H and O–H groups in total. The summed E-state index contributed by atoms with van der Waals surface area (Å²) in [4.78, 5) is 59.6. The van der Waals surface area contributed by atoms with E-state index in [0.29, 0.717) is 10.5 Å². The number of hydrogen-bond acceptors (Lipinski definition) is 9. The van der Waals surface area contributed by atoms with E-state index in [2.05, 4.69) is 5.32 Å². The first-order valence-corrected chi connectivity index (χ1v) is 11.9. The van der Waals surface area contributed by atoms with Crippen molar-refractivity contribution in [2.24, 2.45) is 0 Å². The van der Waals surface area contributed by atoms with Crippen LogP contribution in [0.1, 0.15) is 18.1 Å². The molecule has 13 nitrogen and oxygen atoms in total. The highest BCUT2D eigenvalue weighted by atomic mass is 35.5. The van der Waals surface area contributed by atoms with Crippen LogP contribution in [-0.2, 0) is 16.2 Å². The molecular formula is C26H19ClN4O9. The maximum Gasteiger partial charge on any atom is 0.335 e. The smallest absolute Gasteiger partial charge is 0.335 e. The van der Waals surface area contributed by atoms with E-state index in [-0.39, 0.29) is 52.4 Å². The summed E-state index contributed by atoms with van der Waals surface area (Å²) in [6.07, 6.45) is 1.20. The fourth-order valence-electron chi connectivity index (χ4n) is 3.75. The third-order valence-corrected chi connectivity index (χ3v) is 5.85. The Morgan fingerprint density at radius 1 is 0.950 bits per heavy atom. The standard InChI is InChI=1S/C26H19ClN4O9/c1-2-39-22-12-16(11-21(27)23(22)40-14-15-6-8-17(9-7-15)30(35)36)10-20-24(32)28-26(34)29(25(20)33)18-4-3-5-19(13-18)31(37)38/h3-13H,2,14H2,1H3,(H,28,32,34)/b20-10+. The zero-order chi connectivity index (χ0) is 29.0. The number of halogens is 1. The molecule has 0 radical (unpaired) electrons. The molecule has 0 spiro atoms. The van der Waals surface area contributed by atoms with E-state index in [9.17, 15) is 34.6 Å². The Kier molecular flexibility index (Phi) is 8.05. The van der Waals surface area contributed by atoms with Crippen molar-refractivity contribution >= 4 is 52.6 Å². The molecule has 1 heterocycles. The van der Waals surface area contributed by atoms with E-state index in [1.807, 2.05) is 0 Å². The normalized spacial score (nSPS) is 14.2. The van der Waals surface area contributed by atoms with Gasteiger partial charge in [0, 0.05) is 24.3 Å². The number of nitrogens with one attached hydrogen (secondary N) is 1. The summed E-state index contributed by atoms with van der Waals surface area (Å²) in [6, 6.07) is 12.4. The first kappa shape index (κ1) is 27.7. The summed E-state index contributed by atoms with van der Waals surface area (Å²) in [5, 5.41) is 24.1. The van der Waals surface area contributed by atoms with Crippen LogP contribution in [0.15, 0.2) is 66.2 Å². The number of benzene rings is 3. The lowest BCUT2D eigenvalue weighted by atomic mass is 10.1. The summed E-state index contributed by atoms with van der Waals surface area (Å²) in [5.74, 6) is -1.61. The molecule has 0 aliphatic carbocycles. The van der Waals surface area contributed by atoms with Crippen LogP contribution >= 0.6 is 11.6 Å². The maximum atomic E-state index is 13.2. The first-order chi connectivity index (χ1) is 19.1. The van der Waals surface area contributed by atoms with E-state index >= 15 is 0 Å². The molecule has 0 unspecified atom stereocenters. The number of barbiturate groups is 1. The second-order valence-electron chi connectivity index (χ2n) is 8.21. The van der Waals surface area contributed by atoms with Gasteiger partial charge in [-0.3, -0.25) is 35.1 Å². The van der Waals surface area contributed by atoms with Crippen molar-refractivity contribution in [2.45, 2.75) is 13.5 Å². The van der Waals surface area contributed by atoms with Crippen LogP contribution in [0.2, 0.25) is 5.02 Å². The summed E-state index contributed by atoms with van der Waals surface area (Å²) < 4.78 is 11.5. The highest BCUT2D eigenvalue weighted by Gasteiger charge is 2.37. The van der Waals surface area contributed by atoms with Gasteiger partial charge in [-0.25, -0.2) is 9.69 Å². The van der Waals surface area contributed by atoms with Gasteiger partial charge in [0.1, 0.15) is 12.2 Å². The lowest BCUT2D eigenvalue weighted by Crippen LogP contribution is -2.54. The summed E-state index contributed by atoms with van der Waals surface area (Å²) in [5.41, 5.74) is -0.0461. The molecule has 3 aromatic rings. The second kappa shape index (κ2) is 11.6. The highest BCUT2D eigenvalue weighted by molar-refractivity contribution is 6.39. The molecule has 14 heteroatoms. The number of amides is 4. The van der Waals surface area contributed by atoms with Gasteiger partial charge in [0.05, 0.1) is 27.2 Å². The van der Waals surface area contributed by atoms with Gasteiger partial charge >= 0.3 is 6.03 Å². The molecule has 3 aromatic carbocycles. The number of urea groups is 1. The molecule has 4 rings (SSSR count). The fraction of sp³-hybridized carbons (Fsp3) is 0.115. The van der Waals surface area contributed by atoms with E-state index in [0.717, 1.165) is 6.07 Å². The van der Waals surface area contributed by atoms with Crippen LogP contribution in [0.5, 0.6) is 11.5 Å². The molecule has 1 aliphatic heterocycles. The van der Waals surface area contributed by atoms with Crippen LogP contribution in [-0.4, -0.2) is 34.3 Å². The highest BCUT2D eigenvalue weighted by Crippen LogP contribution is 2.38. The van der Waals surface area contributed by atoms with E-state index in [1.54, 1.807) is 6.92 Å². The Bertz CT molecular complexity index is 1570. The lowest BCUT2D eigenvalue weighted by Gasteiger charge is -2.26. The first-order valence-electron chi connectivity index (χ1n) is 11.6. The fourth-order valence-corrected chi connectivity index (χ4v) is 4.02. The molecule has 0 aromatic heterocycles. The minimum absolute atomic E-state index is 0.0133. The Balaban J connectivity index is 1.64. The lowest BCUT2D eigenvalue weighted by molar-refractivity contribution is -0.385. The number of nitro benzene ring substituents is 2. The number of nitro groups is 2. The molecule has 204 valence electrons. The predicted molar refractivity (Wildman–Crippen MR) is 142 cm³/mol. The molecule has 0 saturated carbocycles. The van der Waals surface area contributed by atoms with Crippen molar-refractivity contribution < 1.29 is 33.7 Å². The van der Waals surface area contributed by atoms with Crippen LogP contribution in [0.25, 0.3) is 6.08 Å². The topological polar surface area (TPSA) is 171 Å². The average molecular weight is 567 g/mol. The monoisotopic (exact) mass is 566 g/mol. The molecule has 0 atom stereocenters. The Morgan fingerprint density at radius 2 is 1.65 bits per heavy atom. The third-order valence-electron chi connectivity index (χ3n) is 5.57. The van der Waals surface area contributed by atoms with Gasteiger partial charge in [-0.15, -0.1) is 0 Å². The number of ether oxygens (including phenoxy) is 2. The largest absolute Gasteiger partial charge is 0.490 e. The zero-order valence-corrected chi connectivity index (χ0v) is 21.4. The number of carbonyl (C=O) groups excluding carboxylic acids is 3.